The third-order valence-electron chi connectivity index (χ3n) is 4.74. The fourth-order valence-corrected chi connectivity index (χ4v) is 3.28. The molecule has 3 rings (SSSR count). The Bertz CT molecular complexity index is 1160. The summed E-state index contributed by atoms with van der Waals surface area (Å²) in [4.78, 5) is 36.0. The maximum atomic E-state index is 13.6. The number of rotatable bonds is 9. The number of hydrogen-bond acceptors (Lipinski definition) is 6. The Labute approximate surface area is 190 Å². The Morgan fingerprint density at radius 1 is 0.970 bits per heavy atom. The van der Waals surface area contributed by atoms with E-state index in [0.717, 1.165) is 5.56 Å². The van der Waals surface area contributed by atoms with Gasteiger partial charge < -0.3 is 18.8 Å². The Morgan fingerprint density at radius 3 is 2.30 bits per heavy atom. The zero-order valence-corrected chi connectivity index (χ0v) is 18.3. The summed E-state index contributed by atoms with van der Waals surface area (Å²) in [6.07, 6.45) is 0.455. The highest BCUT2D eigenvalue weighted by molar-refractivity contribution is 5.67. The molecule has 0 saturated carbocycles. The number of aromatic nitrogens is 1. The maximum absolute atomic E-state index is 13.6. The van der Waals surface area contributed by atoms with E-state index in [9.17, 15) is 18.8 Å². The Morgan fingerprint density at radius 2 is 1.67 bits per heavy atom. The third kappa shape index (κ3) is 6.52. The van der Waals surface area contributed by atoms with Crippen molar-refractivity contribution in [2.24, 2.45) is 0 Å². The van der Waals surface area contributed by atoms with E-state index < -0.39 is 29.3 Å². The van der Waals surface area contributed by atoms with Crippen LogP contribution in [0.2, 0.25) is 0 Å². The molecule has 0 fully saturated rings. The summed E-state index contributed by atoms with van der Waals surface area (Å²) < 4.78 is 31.7. The van der Waals surface area contributed by atoms with Crippen LogP contribution >= 0.6 is 0 Å². The molecule has 0 aliphatic carbocycles. The van der Waals surface area contributed by atoms with Gasteiger partial charge in [-0.2, -0.15) is 0 Å². The van der Waals surface area contributed by atoms with Gasteiger partial charge in [0.15, 0.2) is 11.9 Å². The second kappa shape index (κ2) is 11.1. The molecule has 0 saturated heterocycles. The lowest BCUT2D eigenvalue weighted by molar-refractivity contribution is -0.145. The van der Waals surface area contributed by atoms with Crippen molar-refractivity contribution in [1.29, 1.82) is 0 Å². The van der Waals surface area contributed by atoms with Crippen molar-refractivity contribution >= 4 is 11.9 Å². The third-order valence-corrected chi connectivity index (χ3v) is 4.74. The number of pyridine rings is 1. The number of ether oxygens (including phenoxy) is 3. The molecular formula is C25H24FNO6. The molecule has 1 aromatic heterocycles. The maximum Gasteiger partial charge on any atom is 0.303 e. The predicted octanol–water partition coefficient (Wildman–Crippen LogP) is 3.78. The zero-order chi connectivity index (χ0) is 23.8. The largest absolute Gasteiger partial charge is 0.483 e. The van der Waals surface area contributed by atoms with Crippen LogP contribution in [-0.2, 0) is 32.2 Å². The summed E-state index contributed by atoms with van der Waals surface area (Å²) in [7, 11) is 0. The molecule has 1 unspecified atom stereocenters. The van der Waals surface area contributed by atoms with E-state index in [-0.39, 0.29) is 31.2 Å². The van der Waals surface area contributed by atoms with Crippen molar-refractivity contribution in [2.75, 3.05) is 6.61 Å². The number of benzene rings is 2. The van der Waals surface area contributed by atoms with Crippen molar-refractivity contribution < 1.29 is 28.2 Å². The fraction of sp³-hybridized carbons (Fsp3) is 0.240. The smallest absolute Gasteiger partial charge is 0.303 e. The van der Waals surface area contributed by atoms with Gasteiger partial charge in [0.2, 0.25) is 5.43 Å². The molecule has 0 bridgehead atoms. The number of hydrogen-bond donors (Lipinski definition) is 0. The second-order valence-corrected chi connectivity index (χ2v) is 7.24. The highest BCUT2D eigenvalue weighted by atomic mass is 19.1. The highest BCUT2D eigenvalue weighted by Crippen LogP contribution is 2.32. The van der Waals surface area contributed by atoms with Gasteiger partial charge in [-0.3, -0.25) is 14.4 Å². The number of carbonyl (C=O) groups is 2. The normalized spacial score (nSPS) is 11.5. The molecule has 0 aliphatic heterocycles. The zero-order valence-electron chi connectivity index (χ0n) is 18.3. The molecule has 0 N–H and O–H groups in total. The molecule has 1 atom stereocenters. The van der Waals surface area contributed by atoms with Crippen molar-refractivity contribution in [3.63, 3.8) is 0 Å². The first-order valence-corrected chi connectivity index (χ1v) is 10.3. The van der Waals surface area contributed by atoms with Crippen LogP contribution in [0.3, 0.4) is 0 Å². The SMILES string of the molecule is CC(=O)OCCn1ccc(=O)c(OCc2ccccc2)c1C(OC(C)=O)c1ccc(F)cc1. The monoisotopic (exact) mass is 453 g/mol. The van der Waals surface area contributed by atoms with Gasteiger partial charge in [-0.1, -0.05) is 42.5 Å². The molecule has 7 nitrogen and oxygen atoms in total. The van der Waals surface area contributed by atoms with Crippen LogP contribution < -0.4 is 10.2 Å². The van der Waals surface area contributed by atoms with Crippen molar-refractivity contribution in [3.05, 3.63) is 99.7 Å². The van der Waals surface area contributed by atoms with Crippen LogP contribution in [0.15, 0.2) is 71.7 Å². The second-order valence-electron chi connectivity index (χ2n) is 7.24. The summed E-state index contributed by atoms with van der Waals surface area (Å²) in [6.45, 7) is 2.84. The van der Waals surface area contributed by atoms with Crippen LogP contribution in [0.5, 0.6) is 5.75 Å². The average Bonchev–Trinajstić information content (AvgIpc) is 2.78. The lowest BCUT2D eigenvalue weighted by Crippen LogP contribution is -2.24. The van der Waals surface area contributed by atoms with Gasteiger partial charge >= 0.3 is 11.9 Å². The lowest BCUT2D eigenvalue weighted by Gasteiger charge is -2.25. The van der Waals surface area contributed by atoms with Crippen molar-refractivity contribution in [2.45, 2.75) is 33.1 Å². The lowest BCUT2D eigenvalue weighted by atomic mass is 10.0. The van der Waals surface area contributed by atoms with Crippen molar-refractivity contribution in [1.82, 2.24) is 4.57 Å². The molecule has 8 heteroatoms. The summed E-state index contributed by atoms with van der Waals surface area (Å²) in [5.41, 5.74) is 1.13. The standard InChI is InChI=1S/C25H24FNO6/c1-17(28)31-15-14-27-13-12-22(30)25(32-16-19-6-4-3-5-7-19)23(27)24(33-18(2)29)20-8-10-21(26)11-9-20/h3-13,24H,14-16H2,1-2H3. The average molecular weight is 453 g/mol. The Balaban J connectivity index is 2.10. The minimum absolute atomic E-state index is 0.0141. The number of nitrogens with zero attached hydrogens (tertiary/aromatic N) is 1. The summed E-state index contributed by atoms with van der Waals surface area (Å²) in [5.74, 6) is -1.52. The van der Waals surface area contributed by atoms with Gasteiger partial charge in [0.05, 0.1) is 6.54 Å². The topological polar surface area (TPSA) is 83.8 Å². The van der Waals surface area contributed by atoms with Gasteiger partial charge in [0.1, 0.15) is 24.7 Å². The van der Waals surface area contributed by atoms with Crippen LogP contribution in [0.4, 0.5) is 4.39 Å². The van der Waals surface area contributed by atoms with Gasteiger partial charge in [-0.25, -0.2) is 4.39 Å². The molecule has 172 valence electrons. The first-order valence-electron chi connectivity index (χ1n) is 10.3. The van der Waals surface area contributed by atoms with Crippen molar-refractivity contribution in [3.8, 4) is 5.75 Å². The molecule has 0 amide bonds. The molecule has 0 radical (unpaired) electrons. The molecule has 33 heavy (non-hydrogen) atoms. The summed E-state index contributed by atoms with van der Waals surface area (Å²) in [5, 5.41) is 0. The minimum atomic E-state index is -1.06. The first kappa shape index (κ1) is 23.7. The van der Waals surface area contributed by atoms with E-state index in [0.29, 0.717) is 5.56 Å². The Kier molecular flexibility index (Phi) is 7.96. The molecule has 0 aliphatic rings. The summed E-state index contributed by atoms with van der Waals surface area (Å²) >= 11 is 0. The molecule has 2 aromatic carbocycles. The van der Waals surface area contributed by atoms with Crippen LogP contribution in [0.25, 0.3) is 0 Å². The fourth-order valence-electron chi connectivity index (χ4n) is 3.28. The quantitative estimate of drug-likeness (QED) is 0.459. The van der Waals surface area contributed by atoms with E-state index in [2.05, 4.69) is 0 Å². The number of carbonyl (C=O) groups excluding carboxylic acids is 2. The predicted molar refractivity (Wildman–Crippen MR) is 118 cm³/mol. The van der Waals surface area contributed by atoms with Gasteiger partial charge in [-0.05, 0) is 23.3 Å². The van der Waals surface area contributed by atoms with E-state index in [1.54, 1.807) is 4.57 Å². The van der Waals surface area contributed by atoms with Crippen LogP contribution in [0.1, 0.15) is 36.8 Å². The van der Waals surface area contributed by atoms with Crippen LogP contribution in [0, 0.1) is 5.82 Å². The van der Waals surface area contributed by atoms with Gasteiger partial charge in [0.25, 0.3) is 0 Å². The van der Waals surface area contributed by atoms with E-state index in [1.165, 1.54) is 50.4 Å². The molecule has 1 heterocycles. The van der Waals surface area contributed by atoms with E-state index in [4.69, 9.17) is 14.2 Å². The van der Waals surface area contributed by atoms with Gasteiger partial charge in [0, 0.05) is 26.1 Å². The van der Waals surface area contributed by atoms with Crippen LogP contribution in [-0.4, -0.2) is 23.1 Å². The molecular weight excluding hydrogens is 429 g/mol. The number of halogens is 1. The first-order chi connectivity index (χ1) is 15.8. The van der Waals surface area contributed by atoms with E-state index >= 15 is 0 Å². The number of esters is 2. The van der Waals surface area contributed by atoms with E-state index in [1.807, 2.05) is 30.3 Å². The summed E-state index contributed by atoms with van der Waals surface area (Å²) in [6, 6.07) is 16.0. The Hall–Kier alpha value is -3.94. The highest BCUT2D eigenvalue weighted by Gasteiger charge is 2.27. The molecule has 0 spiro atoms. The minimum Gasteiger partial charge on any atom is -0.483 e. The molecule has 3 aromatic rings. The van der Waals surface area contributed by atoms with Gasteiger partial charge in [-0.15, -0.1) is 0 Å².